The Morgan fingerprint density at radius 2 is 2.07 bits per heavy atom. The molecule has 2 aromatic rings. The highest BCUT2D eigenvalue weighted by Crippen LogP contribution is 2.28. The molecule has 0 spiro atoms. The first-order valence-electron chi connectivity index (χ1n) is 9.02. The molecule has 0 saturated carbocycles. The fourth-order valence-corrected chi connectivity index (χ4v) is 2.96. The summed E-state index contributed by atoms with van der Waals surface area (Å²) in [5.74, 6) is 0.130. The number of halogens is 1. The van der Waals surface area contributed by atoms with Gasteiger partial charge in [0.05, 0.1) is 18.5 Å². The van der Waals surface area contributed by atoms with Gasteiger partial charge in [0.25, 0.3) is 0 Å². The molecule has 0 aliphatic carbocycles. The number of nitrogens with two attached hydrogens (primary N) is 1. The van der Waals surface area contributed by atoms with E-state index in [1.165, 1.54) is 19.4 Å². The number of nitrogens with zero attached hydrogens (tertiary/aromatic N) is 2. The number of nitrogens with one attached hydrogen (secondary N) is 1. The SMILES string of the molecule is COC(=O)Nc1nccc(-c2ccc(OC[C@@](C)(N)CC(C)C)c(C)n2)c1F. The van der Waals surface area contributed by atoms with Gasteiger partial charge in [-0.3, -0.25) is 5.32 Å². The predicted molar refractivity (Wildman–Crippen MR) is 106 cm³/mol. The minimum atomic E-state index is -0.803. The van der Waals surface area contributed by atoms with Crippen LogP contribution in [0.5, 0.6) is 5.75 Å². The molecule has 0 aliphatic heterocycles. The third-order valence-corrected chi connectivity index (χ3v) is 4.04. The summed E-state index contributed by atoms with van der Waals surface area (Å²) in [5.41, 5.74) is 7.04. The summed E-state index contributed by atoms with van der Waals surface area (Å²) in [5, 5.41) is 2.23. The number of anilines is 1. The van der Waals surface area contributed by atoms with Crippen molar-refractivity contribution in [2.24, 2.45) is 11.7 Å². The minimum absolute atomic E-state index is 0.208. The van der Waals surface area contributed by atoms with Crippen molar-refractivity contribution in [2.75, 3.05) is 19.0 Å². The van der Waals surface area contributed by atoms with Crippen LogP contribution in [0.3, 0.4) is 0 Å². The maximum atomic E-state index is 14.7. The van der Waals surface area contributed by atoms with Gasteiger partial charge in [-0.2, -0.15) is 0 Å². The van der Waals surface area contributed by atoms with E-state index in [1.807, 2.05) is 6.92 Å². The molecule has 0 aromatic carbocycles. The molecule has 1 atom stereocenters. The number of rotatable bonds is 7. The lowest BCUT2D eigenvalue weighted by molar-refractivity contribution is 0.186. The van der Waals surface area contributed by atoms with Gasteiger partial charge in [-0.25, -0.2) is 19.2 Å². The number of aromatic nitrogens is 2. The Labute approximate surface area is 164 Å². The molecule has 152 valence electrons. The number of hydrogen-bond acceptors (Lipinski definition) is 6. The maximum Gasteiger partial charge on any atom is 0.412 e. The van der Waals surface area contributed by atoms with E-state index in [1.54, 1.807) is 19.1 Å². The molecule has 2 heterocycles. The zero-order chi connectivity index (χ0) is 20.9. The zero-order valence-electron chi connectivity index (χ0n) is 16.9. The molecule has 7 nitrogen and oxygen atoms in total. The Hall–Kier alpha value is -2.74. The Bertz CT molecular complexity index is 840. The predicted octanol–water partition coefficient (Wildman–Crippen LogP) is 3.91. The van der Waals surface area contributed by atoms with Gasteiger partial charge in [0, 0.05) is 17.3 Å². The number of methoxy groups -OCH3 is 1. The van der Waals surface area contributed by atoms with Gasteiger partial charge < -0.3 is 15.2 Å². The van der Waals surface area contributed by atoms with Crippen LogP contribution in [-0.4, -0.2) is 35.3 Å². The Morgan fingerprint density at radius 1 is 1.36 bits per heavy atom. The molecule has 0 bridgehead atoms. The lowest BCUT2D eigenvalue weighted by Gasteiger charge is -2.27. The largest absolute Gasteiger partial charge is 0.490 e. The molecule has 0 fully saturated rings. The van der Waals surface area contributed by atoms with E-state index in [9.17, 15) is 9.18 Å². The van der Waals surface area contributed by atoms with E-state index in [-0.39, 0.29) is 11.4 Å². The Kier molecular flexibility index (Phi) is 6.90. The summed E-state index contributed by atoms with van der Waals surface area (Å²) < 4.78 is 25.0. The van der Waals surface area contributed by atoms with Crippen LogP contribution < -0.4 is 15.8 Å². The number of ether oxygens (including phenoxy) is 2. The molecule has 0 saturated heterocycles. The summed E-state index contributed by atoms with van der Waals surface area (Å²) in [4.78, 5) is 19.6. The van der Waals surface area contributed by atoms with Crippen molar-refractivity contribution in [1.82, 2.24) is 9.97 Å². The van der Waals surface area contributed by atoms with E-state index in [4.69, 9.17) is 10.5 Å². The van der Waals surface area contributed by atoms with E-state index < -0.39 is 17.4 Å². The number of amides is 1. The molecule has 8 heteroatoms. The number of hydrogen-bond donors (Lipinski definition) is 2. The number of carbonyl (C=O) groups is 1. The molecule has 0 unspecified atom stereocenters. The number of pyridine rings is 2. The number of aryl methyl sites for hydroxylation is 1. The second-order valence-electron chi connectivity index (χ2n) is 7.46. The standard InChI is InChI=1S/C20H27FN4O3/c1-12(2)10-20(4,22)11-28-16-7-6-15(24-13(16)3)14-8-9-23-18(17(14)21)25-19(26)27-5/h6-9,12H,10-11,22H2,1-5H3,(H,23,25,26)/t20-/m0/s1. The van der Waals surface area contributed by atoms with Crippen LogP contribution in [0.2, 0.25) is 0 Å². The molecule has 2 rings (SSSR count). The third-order valence-electron chi connectivity index (χ3n) is 4.04. The molecule has 1 amide bonds. The second kappa shape index (κ2) is 8.97. The van der Waals surface area contributed by atoms with E-state index in [0.29, 0.717) is 29.7 Å². The van der Waals surface area contributed by atoms with E-state index in [2.05, 4.69) is 33.9 Å². The first-order valence-corrected chi connectivity index (χ1v) is 9.02. The first kappa shape index (κ1) is 21.6. The topological polar surface area (TPSA) is 99.4 Å². The first-order chi connectivity index (χ1) is 13.1. The maximum absolute atomic E-state index is 14.7. The quantitative estimate of drug-likeness (QED) is 0.743. The van der Waals surface area contributed by atoms with Crippen LogP contribution in [0.25, 0.3) is 11.3 Å². The van der Waals surface area contributed by atoms with Crippen molar-refractivity contribution in [3.05, 3.63) is 35.9 Å². The highest BCUT2D eigenvalue weighted by molar-refractivity contribution is 5.84. The van der Waals surface area contributed by atoms with Crippen LogP contribution in [0.4, 0.5) is 15.0 Å². The van der Waals surface area contributed by atoms with E-state index in [0.717, 1.165) is 6.42 Å². The third kappa shape index (κ3) is 5.63. The molecule has 3 N–H and O–H groups in total. The molecule has 2 aromatic heterocycles. The van der Waals surface area contributed by atoms with Gasteiger partial charge in [0.15, 0.2) is 11.6 Å². The molecule has 0 aliphatic rings. The highest BCUT2D eigenvalue weighted by atomic mass is 19.1. The van der Waals surface area contributed by atoms with Crippen molar-refractivity contribution in [1.29, 1.82) is 0 Å². The average molecular weight is 390 g/mol. The van der Waals surface area contributed by atoms with Crippen LogP contribution in [0.1, 0.15) is 32.9 Å². The summed E-state index contributed by atoms with van der Waals surface area (Å²) in [6, 6.07) is 4.87. The fraction of sp³-hybridized carbons (Fsp3) is 0.450. The lowest BCUT2D eigenvalue weighted by atomic mass is 9.93. The summed E-state index contributed by atoms with van der Waals surface area (Å²) in [6.07, 6.45) is 1.41. The smallest absolute Gasteiger partial charge is 0.412 e. The summed E-state index contributed by atoms with van der Waals surface area (Å²) in [6.45, 7) is 8.30. The van der Waals surface area contributed by atoms with E-state index >= 15 is 0 Å². The Morgan fingerprint density at radius 3 is 2.68 bits per heavy atom. The number of carbonyl (C=O) groups excluding carboxylic acids is 1. The van der Waals surface area contributed by atoms with Crippen LogP contribution >= 0.6 is 0 Å². The van der Waals surface area contributed by atoms with Crippen molar-refractivity contribution < 1.29 is 18.7 Å². The van der Waals surface area contributed by atoms with Crippen molar-refractivity contribution in [3.63, 3.8) is 0 Å². The van der Waals surface area contributed by atoms with Crippen LogP contribution in [0, 0.1) is 18.7 Å². The molecule has 0 radical (unpaired) electrons. The van der Waals surface area contributed by atoms with Crippen molar-refractivity contribution >= 4 is 11.9 Å². The van der Waals surface area contributed by atoms with Crippen LogP contribution in [0.15, 0.2) is 24.4 Å². The molecule has 28 heavy (non-hydrogen) atoms. The summed E-state index contributed by atoms with van der Waals surface area (Å²) >= 11 is 0. The second-order valence-corrected chi connectivity index (χ2v) is 7.46. The normalized spacial score (nSPS) is 13.1. The molecular weight excluding hydrogens is 363 g/mol. The van der Waals surface area contributed by atoms with Crippen molar-refractivity contribution in [3.8, 4) is 17.0 Å². The lowest BCUT2D eigenvalue weighted by Crippen LogP contribution is -2.43. The van der Waals surface area contributed by atoms with Gasteiger partial charge >= 0.3 is 6.09 Å². The minimum Gasteiger partial charge on any atom is -0.490 e. The highest BCUT2D eigenvalue weighted by Gasteiger charge is 2.22. The zero-order valence-corrected chi connectivity index (χ0v) is 16.9. The van der Waals surface area contributed by atoms with Crippen LogP contribution in [-0.2, 0) is 4.74 Å². The van der Waals surface area contributed by atoms with Gasteiger partial charge in [-0.05, 0) is 44.4 Å². The monoisotopic (exact) mass is 390 g/mol. The van der Waals surface area contributed by atoms with Crippen molar-refractivity contribution in [2.45, 2.75) is 39.7 Å². The Balaban J connectivity index is 2.20. The average Bonchev–Trinajstić information content (AvgIpc) is 2.61. The van der Waals surface area contributed by atoms with Gasteiger partial charge in [0.2, 0.25) is 0 Å². The summed E-state index contributed by atoms with van der Waals surface area (Å²) in [7, 11) is 1.19. The molecular formula is C20H27FN4O3. The fourth-order valence-electron chi connectivity index (χ4n) is 2.96. The van der Waals surface area contributed by atoms with Gasteiger partial charge in [-0.15, -0.1) is 0 Å². The van der Waals surface area contributed by atoms with Gasteiger partial charge in [-0.1, -0.05) is 13.8 Å². The van der Waals surface area contributed by atoms with Gasteiger partial charge in [0.1, 0.15) is 12.4 Å².